The lowest BCUT2D eigenvalue weighted by Crippen LogP contribution is -2.08. The smallest absolute Gasteiger partial charge is 0.0773 e. The van der Waals surface area contributed by atoms with Gasteiger partial charge in [0.15, 0.2) is 0 Å². The van der Waals surface area contributed by atoms with E-state index in [9.17, 15) is 0 Å². The molecule has 0 unspecified atom stereocenters. The van der Waals surface area contributed by atoms with Gasteiger partial charge in [0.1, 0.15) is 0 Å². The number of para-hydroxylation sites is 1. The lowest BCUT2D eigenvalue weighted by molar-refractivity contribution is 0.827. The first kappa shape index (κ1) is 15.9. The Kier molecular flexibility index (Phi) is 4.29. The van der Waals surface area contributed by atoms with Crippen LogP contribution in [0.25, 0.3) is 34.0 Å². The molecule has 4 aromatic rings. The van der Waals surface area contributed by atoms with Gasteiger partial charge in [0.2, 0.25) is 0 Å². The Labute approximate surface area is 151 Å². The van der Waals surface area contributed by atoms with Crippen LogP contribution in [0.3, 0.4) is 0 Å². The van der Waals surface area contributed by atoms with Crippen molar-refractivity contribution in [2.45, 2.75) is 20.0 Å². The Morgan fingerprint density at radius 2 is 1.48 bits per heavy atom. The Hall–Kier alpha value is -2.58. The number of nitrogens with zero attached hydrogens (tertiary/aromatic N) is 1. The van der Waals surface area contributed by atoms with E-state index in [1.165, 1.54) is 38.1 Å². The number of benzene rings is 3. The van der Waals surface area contributed by atoms with E-state index in [1.807, 2.05) is 0 Å². The highest BCUT2D eigenvalue weighted by molar-refractivity contribution is 6.51. The first-order valence-corrected chi connectivity index (χ1v) is 10.3. The molecule has 1 heterocycles. The van der Waals surface area contributed by atoms with Crippen molar-refractivity contribution in [1.82, 2.24) is 4.57 Å². The number of hydrogen-bond acceptors (Lipinski definition) is 0. The van der Waals surface area contributed by atoms with E-state index in [1.54, 1.807) is 0 Å². The molecule has 0 saturated carbocycles. The molecule has 25 heavy (non-hydrogen) atoms. The summed E-state index contributed by atoms with van der Waals surface area (Å²) in [4.78, 5) is 0. The van der Waals surface area contributed by atoms with Crippen LogP contribution < -0.4 is 5.19 Å². The number of aromatic nitrogens is 1. The zero-order chi connectivity index (χ0) is 17.2. The van der Waals surface area contributed by atoms with Crippen LogP contribution >= 0.6 is 0 Å². The SMILES string of the molecule is CCn1c2ccccc2c2cc(C=Cc3ccc([Si]C)cc3)ccc21. The van der Waals surface area contributed by atoms with Gasteiger partial charge >= 0.3 is 0 Å². The van der Waals surface area contributed by atoms with Gasteiger partial charge in [-0.1, -0.05) is 72.4 Å². The highest BCUT2D eigenvalue weighted by Crippen LogP contribution is 2.30. The average Bonchev–Trinajstić information content (AvgIpc) is 3.00. The monoisotopic (exact) mass is 339 g/mol. The number of fused-ring (bicyclic) bond motifs is 3. The predicted octanol–water partition coefficient (Wildman–Crippen LogP) is 5.36. The molecule has 0 atom stereocenters. The van der Waals surface area contributed by atoms with E-state index >= 15 is 0 Å². The Balaban J connectivity index is 1.75. The molecule has 4 rings (SSSR count). The van der Waals surface area contributed by atoms with E-state index in [0.717, 1.165) is 16.1 Å². The van der Waals surface area contributed by atoms with E-state index in [-0.39, 0.29) is 0 Å². The van der Waals surface area contributed by atoms with Crippen molar-refractivity contribution < 1.29 is 0 Å². The van der Waals surface area contributed by atoms with E-state index in [0.29, 0.717) is 0 Å². The number of hydrogen-bond donors (Lipinski definition) is 0. The van der Waals surface area contributed by atoms with Crippen LogP contribution in [0.1, 0.15) is 18.1 Å². The Morgan fingerprint density at radius 3 is 2.24 bits per heavy atom. The zero-order valence-electron chi connectivity index (χ0n) is 14.7. The lowest BCUT2D eigenvalue weighted by atomic mass is 10.1. The van der Waals surface area contributed by atoms with Crippen LogP contribution in [0.4, 0.5) is 0 Å². The van der Waals surface area contributed by atoms with Crippen LogP contribution in [0.15, 0.2) is 66.7 Å². The van der Waals surface area contributed by atoms with Gasteiger partial charge in [-0.2, -0.15) is 0 Å². The minimum Gasteiger partial charge on any atom is -0.341 e. The standard InChI is InChI=1S/C23H21NSi/c1-3-24-22-7-5-4-6-20(22)21-16-18(12-15-23(21)24)9-8-17-10-13-19(25-2)14-11-17/h4-16H,3H2,1-2H3. The van der Waals surface area contributed by atoms with Crippen molar-refractivity contribution in [3.63, 3.8) is 0 Å². The van der Waals surface area contributed by atoms with Crippen LogP contribution in [0.2, 0.25) is 6.55 Å². The first-order valence-electron chi connectivity index (χ1n) is 8.77. The van der Waals surface area contributed by atoms with Crippen LogP contribution in [-0.2, 0) is 6.54 Å². The van der Waals surface area contributed by atoms with Crippen molar-refractivity contribution >= 4 is 48.7 Å². The molecule has 0 aliphatic carbocycles. The molecule has 2 heteroatoms. The molecule has 0 spiro atoms. The second-order valence-electron chi connectivity index (χ2n) is 6.24. The molecule has 0 aliphatic heterocycles. The summed E-state index contributed by atoms with van der Waals surface area (Å²) in [5.41, 5.74) is 5.12. The van der Waals surface area contributed by atoms with Gasteiger partial charge in [-0.3, -0.25) is 0 Å². The fraction of sp³-hybridized carbons (Fsp3) is 0.130. The summed E-state index contributed by atoms with van der Waals surface area (Å²) in [6.07, 6.45) is 4.41. The fourth-order valence-corrected chi connectivity index (χ4v) is 3.97. The molecule has 0 N–H and O–H groups in total. The van der Waals surface area contributed by atoms with Gasteiger partial charge < -0.3 is 4.57 Å². The fourth-order valence-electron chi connectivity index (χ4n) is 3.47. The van der Waals surface area contributed by atoms with Crippen LogP contribution in [0.5, 0.6) is 0 Å². The van der Waals surface area contributed by atoms with Gasteiger partial charge in [-0.15, -0.1) is 0 Å². The summed E-state index contributed by atoms with van der Waals surface area (Å²) < 4.78 is 2.39. The second kappa shape index (κ2) is 6.73. The highest BCUT2D eigenvalue weighted by Gasteiger charge is 2.08. The molecule has 0 aliphatic rings. The quantitative estimate of drug-likeness (QED) is 0.348. The molecule has 0 amide bonds. The first-order chi connectivity index (χ1) is 12.3. The predicted molar refractivity (Wildman–Crippen MR) is 112 cm³/mol. The van der Waals surface area contributed by atoms with E-state index in [2.05, 4.69) is 96.9 Å². The van der Waals surface area contributed by atoms with Crippen molar-refractivity contribution in [2.24, 2.45) is 0 Å². The minimum absolute atomic E-state index is 0.856. The summed E-state index contributed by atoms with van der Waals surface area (Å²) >= 11 is 0. The van der Waals surface area contributed by atoms with Crippen molar-refractivity contribution in [3.05, 3.63) is 77.9 Å². The minimum atomic E-state index is 0.856. The van der Waals surface area contributed by atoms with Crippen molar-refractivity contribution in [3.8, 4) is 0 Å². The summed E-state index contributed by atoms with van der Waals surface area (Å²) in [7, 11) is 0.856. The molecule has 0 fully saturated rings. The second-order valence-corrected chi connectivity index (χ2v) is 7.32. The molecular weight excluding hydrogens is 318 g/mol. The van der Waals surface area contributed by atoms with E-state index in [4.69, 9.17) is 0 Å². The Bertz CT molecular complexity index is 1050. The zero-order valence-corrected chi connectivity index (χ0v) is 15.7. The van der Waals surface area contributed by atoms with Crippen LogP contribution in [0, 0.1) is 0 Å². The molecule has 1 aromatic heterocycles. The normalized spacial score (nSPS) is 11.8. The molecule has 1 nitrogen and oxygen atoms in total. The van der Waals surface area contributed by atoms with Gasteiger partial charge in [0.05, 0.1) is 9.52 Å². The van der Waals surface area contributed by atoms with E-state index < -0.39 is 0 Å². The highest BCUT2D eigenvalue weighted by atomic mass is 28.2. The molecule has 0 bridgehead atoms. The summed E-state index contributed by atoms with van der Waals surface area (Å²) in [5, 5.41) is 4.08. The summed E-state index contributed by atoms with van der Waals surface area (Å²) in [6.45, 7) is 5.41. The number of aryl methyl sites for hydroxylation is 1. The topological polar surface area (TPSA) is 4.93 Å². The Morgan fingerprint density at radius 1 is 0.800 bits per heavy atom. The molecule has 3 aromatic carbocycles. The van der Waals surface area contributed by atoms with Crippen LogP contribution in [-0.4, -0.2) is 14.1 Å². The summed E-state index contributed by atoms with van der Waals surface area (Å²) in [5.74, 6) is 0. The van der Waals surface area contributed by atoms with Gasteiger partial charge in [0.25, 0.3) is 0 Å². The largest absolute Gasteiger partial charge is 0.341 e. The average molecular weight is 340 g/mol. The van der Waals surface area contributed by atoms with Crippen molar-refractivity contribution in [1.29, 1.82) is 0 Å². The molecule has 2 radical (unpaired) electrons. The molecule has 0 saturated heterocycles. The maximum Gasteiger partial charge on any atom is 0.0773 e. The maximum absolute atomic E-state index is 2.39. The van der Waals surface area contributed by atoms with Gasteiger partial charge in [-0.05, 0) is 36.2 Å². The van der Waals surface area contributed by atoms with Gasteiger partial charge in [0, 0.05) is 28.4 Å². The van der Waals surface area contributed by atoms with Crippen molar-refractivity contribution in [2.75, 3.05) is 0 Å². The third-order valence-corrected chi connectivity index (χ3v) is 5.69. The third kappa shape index (κ3) is 2.94. The summed E-state index contributed by atoms with van der Waals surface area (Å²) in [6, 6.07) is 24.3. The third-order valence-electron chi connectivity index (χ3n) is 4.78. The molecule has 122 valence electrons. The van der Waals surface area contributed by atoms with Gasteiger partial charge in [-0.25, -0.2) is 0 Å². The number of rotatable bonds is 4. The maximum atomic E-state index is 2.39. The molecular formula is C23H21NSi. The lowest BCUT2D eigenvalue weighted by Gasteiger charge is -2.03.